The minimum Gasteiger partial charge on any atom is -0.508 e. The number of phenols is 1. The molecule has 19 heavy (non-hydrogen) atoms. The van der Waals surface area contributed by atoms with Crippen LogP contribution in [0, 0.1) is 0 Å². The van der Waals surface area contributed by atoms with Crippen LogP contribution in [0.3, 0.4) is 0 Å². The summed E-state index contributed by atoms with van der Waals surface area (Å²) in [4.78, 5) is 26.1. The molecular weight excluding hydrogens is 248 g/mol. The van der Waals surface area contributed by atoms with Gasteiger partial charge in [0.15, 0.2) is 5.78 Å². The summed E-state index contributed by atoms with van der Waals surface area (Å²) in [5, 5.41) is 12.5. The highest BCUT2D eigenvalue weighted by Crippen LogP contribution is 2.22. The molecule has 3 N–H and O–H groups in total. The molecule has 6 heteroatoms. The molecule has 0 unspecified atom stereocenters. The maximum Gasteiger partial charge on any atom is 0.246 e. The van der Waals surface area contributed by atoms with Crippen molar-refractivity contribution in [1.82, 2.24) is 10.3 Å². The number of ether oxygens (including phenoxy) is 1. The fraction of sp³-hybridized carbons (Fsp3) is 0.231. The maximum absolute atomic E-state index is 12.0. The standard InChI is InChI=1S/C13H14N2O4/c1-19-7-13(18)15-6-12(17)10-5-14-11-3-2-8(16)4-9(10)11/h2-5,14,16H,6-7H2,1H3,(H,15,18). The van der Waals surface area contributed by atoms with E-state index in [4.69, 9.17) is 0 Å². The number of carbonyl (C=O) groups excluding carboxylic acids is 2. The number of aromatic hydroxyl groups is 1. The molecule has 0 aliphatic heterocycles. The van der Waals surface area contributed by atoms with E-state index in [0.717, 1.165) is 5.52 Å². The average molecular weight is 262 g/mol. The highest BCUT2D eigenvalue weighted by Gasteiger charge is 2.13. The van der Waals surface area contributed by atoms with Crippen LogP contribution < -0.4 is 5.32 Å². The third-order valence-corrected chi connectivity index (χ3v) is 2.69. The predicted molar refractivity (Wildman–Crippen MR) is 69.2 cm³/mol. The lowest BCUT2D eigenvalue weighted by molar-refractivity contribution is -0.124. The Hall–Kier alpha value is -2.34. The second-order valence-electron chi connectivity index (χ2n) is 4.07. The largest absolute Gasteiger partial charge is 0.508 e. The molecule has 0 saturated heterocycles. The first-order valence-electron chi connectivity index (χ1n) is 5.70. The van der Waals surface area contributed by atoms with Crippen molar-refractivity contribution in [2.75, 3.05) is 20.3 Å². The average Bonchev–Trinajstić information content (AvgIpc) is 2.79. The zero-order valence-corrected chi connectivity index (χ0v) is 10.4. The van der Waals surface area contributed by atoms with Crippen LogP contribution in [0.4, 0.5) is 0 Å². The fourth-order valence-corrected chi connectivity index (χ4v) is 1.80. The van der Waals surface area contributed by atoms with Gasteiger partial charge in [-0.15, -0.1) is 0 Å². The number of aromatic nitrogens is 1. The maximum atomic E-state index is 12.0. The predicted octanol–water partition coefficient (Wildman–Crippen LogP) is 0.819. The smallest absolute Gasteiger partial charge is 0.246 e. The van der Waals surface area contributed by atoms with E-state index in [0.29, 0.717) is 10.9 Å². The highest BCUT2D eigenvalue weighted by molar-refractivity contribution is 6.09. The van der Waals surface area contributed by atoms with E-state index >= 15 is 0 Å². The number of hydrogen-bond acceptors (Lipinski definition) is 4. The summed E-state index contributed by atoms with van der Waals surface area (Å²) in [7, 11) is 1.41. The molecule has 0 fully saturated rings. The Morgan fingerprint density at radius 3 is 2.95 bits per heavy atom. The molecule has 0 saturated carbocycles. The lowest BCUT2D eigenvalue weighted by atomic mass is 10.1. The number of phenolic OH excluding ortho intramolecular Hbond substituents is 1. The second kappa shape index (κ2) is 5.53. The molecule has 100 valence electrons. The number of Topliss-reactive ketones (excluding diaryl/α,β-unsaturated/α-hetero) is 1. The lowest BCUT2D eigenvalue weighted by Gasteiger charge is -2.03. The van der Waals surface area contributed by atoms with E-state index in [1.54, 1.807) is 12.3 Å². The molecule has 2 aromatic rings. The van der Waals surface area contributed by atoms with Gasteiger partial charge in [-0.25, -0.2) is 0 Å². The van der Waals surface area contributed by atoms with Crippen LogP contribution in [-0.2, 0) is 9.53 Å². The topological polar surface area (TPSA) is 91.4 Å². The van der Waals surface area contributed by atoms with Crippen LogP contribution in [0.5, 0.6) is 5.75 Å². The van der Waals surface area contributed by atoms with Gasteiger partial charge in [-0.2, -0.15) is 0 Å². The summed E-state index contributed by atoms with van der Waals surface area (Å²) in [6, 6.07) is 4.73. The minimum atomic E-state index is -0.349. The van der Waals surface area contributed by atoms with Crippen molar-refractivity contribution in [2.45, 2.75) is 0 Å². The number of rotatable bonds is 5. The number of hydrogen-bond donors (Lipinski definition) is 3. The van der Waals surface area contributed by atoms with Gasteiger partial charge in [0.2, 0.25) is 5.91 Å². The summed E-state index contributed by atoms with van der Waals surface area (Å²) in [6.07, 6.45) is 1.56. The van der Waals surface area contributed by atoms with E-state index in [-0.39, 0.29) is 30.6 Å². The number of carbonyl (C=O) groups is 2. The molecule has 0 bridgehead atoms. The molecule has 0 atom stereocenters. The van der Waals surface area contributed by atoms with Crippen LogP contribution >= 0.6 is 0 Å². The highest BCUT2D eigenvalue weighted by atomic mass is 16.5. The molecule has 1 aromatic carbocycles. The van der Waals surface area contributed by atoms with Crippen molar-refractivity contribution in [2.24, 2.45) is 0 Å². The quantitative estimate of drug-likeness (QED) is 0.696. The van der Waals surface area contributed by atoms with Crippen LogP contribution in [0.15, 0.2) is 24.4 Å². The third kappa shape index (κ3) is 2.92. The Bertz CT molecular complexity index is 618. The number of amides is 1. The Morgan fingerprint density at radius 1 is 1.42 bits per heavy atom. The molecule has 1 aromatic heterocycles. The molecule has 1 heterocycles. The van der Waals surface area contributed by atoms with Gasteiger partial charge in [-0.05, 0) is 18.2 Å². The number of nitrogens with one attached hydrogen (secondary N) is 2. The Morgan fingerprint density at radius 2 is 2.21 bits per heavy atom. The Kier molecular flexibility index (Phi) is 3.82. The molecular formula is C13H14N2O4. The Balaban J connectivity index is 2.13. The number of methoxy groups -OCH3 is 1. The van der Waals surface area contributed by atoms with E-state index in [1.807, 2.05) is 0 Å². The van der Waals surface area contributed by atoms with E-state index in [2.05, 4.69) is 15.0 Å². The van der Waals surface area contributed by atoms with Crippen molar-refractivity contribution in [3.8, 4) is 5.75 Å². The molecule has 0 spiro atoms. The summed E-state index contributed by atoms with van der Waals surface area (Å²) < 4.78 is 4.65. The zero-order chi connectivity index (χ0) is 13.8. The number of benzene rings is 1. The second-order valence-corrected chi connectivity index (χ2v) is 4.07. The molecule has 2 rings (SSSR count). The van der Waals surface area contributed by atoms with Crippen LogP contribution in [0.2, 0.25) is 0 Å². The van der Waals surface area contributed by atoms with E-state index in [1.165, 1.54) is 19.2 Å². The fourth-order valence-electron chi connectivity index (χ4n) is 1.80. The first-order valence-corrected chi connectivity index (χ1v) is 5.70. The molecule has 0 radical (unpaired) electrons. The number of H-pyrrole nitrogens is 1. The van der Waals surface area contributed by atoms with Crippen LogP contribution in [0.1, 0.15) is 10.4 Å². The first-order chi connectivity index (χ1) is 9.11. The molecule has 0 aliphatic carbocycles. The normalized spacial score (nSPS) is 10.6. The van der Waals surface area contributed by atoms with Gasteiger partial charge in [0.25, 0.3) is 0 Å². The van der Waals surface area contributed by atoms with Gasteiger partial charge in [-0.3, -0.25) is 9.59 Å². The summed E-state index contributed by atoms with van der Waals surface area (Å²) in [6.45, 7) is -0.188. The lowest BCUT2D eigenvalue weighted by Crippen LogP contribution is -2.32. The SMILES string of the molecule is COCC(=O)NCC(=O)c1c[nH]c2ccc(O)cc12. The Labute approximate surface area is 109 Å². The van der Waals surface area contributed by atoms with Crippen molar-refractivity contribution in [1.29, 1.82) is 0 Å². The van der Waals surface area contributed by atoms with Crippen molar-refractivity contribution < 1.29 is 19.4 Å². The summed E-state index contributed by atoms with van der Waals surface area (Å²) >= 11 is 0. The summed E-state index contributed by atoms with van der Waals surface area (Å²) in [5.41, 5.74) is 1.19. The zero-order valence-electron chi connectivity index (χ0n) is 10.4. The molecule has 6 nitrogen and oxygen atoms in total. The number of aromatic amines is 1. The van der Waals surface area contributed by atoms with Gasteiger partial charge < -0.3 is 20.1 Å². The van der Waals surface area contributed by atoms with Gasteiger partial charge in [0.1, 0.15) is 12.4 Å². The minimum absolute atomic E-state index is 0.0814. The van der Waals surface area contributed by atoms with E-state index in [9.17, 15) is 14.7 Å². The van der Waals surface area contributed by atoms with Crippen LogP contribution in [-0.4, -0.2) is 42.0 Å². The monoisotopic (exact) mass is 262 g/mol. The van der Waals surface area contributed by atoms with Gasteiger partial charge >= 0.3 is 0 Å². The molecule has 1 amide bonds. The third-order valence-electron chi connectivity index (χ3n) is 2.69. The van der Waals surface area contributed by atoms with E-state index < -0.39 is 0 Å². The van der Waals surface area contributed by atoms with Gasteiger partial charge in [-0.1, -0.05) is 0 Å². The number of fused-ring (bicyclic) bond motifs is 1. The number of ketones is 1. The van der Waals surface area contributed by atoms with Gasteiger partial charge in [0.05, 0.1) is 6.54 Å². The van der Waals surface area contributed by atoms with Crippen LogP contribution in [0.25, 0.3) is 10.9 Å². The van der Waals surface area contributed by atoms with Crippen molar-refractivity contribution in [3.05, 3.63) is 30.0 Å². The first kappa shape index (κ1) is 13.1. The summed E-state index contributed by atoms with van der Waals surface area (Å²) in [5.74, 6) is -0.496. The molecule has 0 aliphatic rings. The van der Waals surface area contributed by atoms with Crippen molar-refractivity contribution >= 4 is 22.6 Å². The van der Waals surface area contributed by atoms with Gasteiger partial charge in [0, 0.05) is 29.8 Å². The van der Waals surface area contributed by atoms with Crippen molar-refractivity contribution in [3.63, 3.8) is 0 Å².